The number of nitrogens with zero attached hydrogens (tertiary/aromatic N) is 5. The van der Waals surface area contributed by atoms with Gasteiger partial charge in [0.25, 0.3) is 5.91 Å². The molecule has 8 heteroatoms. The Kier molecular flexibility index (Phi) is 5.77. The number of aryl methyl sites for hydroxylation is 1. The summed E-state index contributed by atoms with van der Waals surface area (Å²) in [5, 5.41) is 1.08. The summed E-state index contributed by atoms with van der Waals surface area (Å²) < 4.78 is 10.0. The Morgan fingerprint density at radius 2 is 2.12 bits per heavy atom. The lowest BCUT2D eigenvalue weighted by Gasteiger charge is -2.30. The number of carbonyl (C=O) groups is 1. The Morgan fingerprint density at radius 3 is 2.85 bits per heavy atom. The van der Waals surface area contributed by atoms with Crippen molar-refractivity contribution in [2.24, 2.45) is 18.7 Å². The van der Waals surface area contributed by atoms with Crippen molar-refractivity contribution in [3.63, 3.8) is 0 Å². The Bertz CT molecular complexity index is 1370. The van der Waals surface area contributed by atoms with Gasteiger partial charge < -0.3 is 24.5 Å². The quantitative estimate of drug-likeness (QED) is 0.489. The van der Waals surface area contributed by atoms with Gasteiger partial charge in [-0.1, -0.05) is 13.8 Å². The second-order valence-electron chi connectivity index (χ2n) is 9.64. The number of fused-ring (bicyclic) bond motifs is 2. The molecule has 1 unspecified atom stereocenters. The number of hydrogen-bond acceptors (Lipinski definition) is 5. The Labute approximate surface area is 199 Å². The van der Waals surface area contributed by atoms with Crippen LogP contribution in [0.25, 0.3) is 33.6 Å². The van der Waals surface area contributed by atoms with E-state index in [0.717, 1.165) is 59.5 Å². The van der Waals surface area contributed by atoms with Crippen molar-refractivity contribution in [2.45, 2.75) is 39.3 Å². The fraction of sp³-hybridized carbons (Fsp3) is 0.423. The number of piperidine rings is 1. The Morgan fingerprint density at radius 1 is 1.29 bits per heavy atom. The number of hydrogen-bond donors (Lipinski definition) is 1. The molecular formula is C26H32N6O2. The number of benzene rings is 1. The molecule has 178 valence electrons. The van der Waals surface area contributed by atoms with Gasteiger partial charge >= 0.3 is 0 Å². The SMILES string of the molecule is COc1cc(C(=O)N2CCCC(N)C2)cc2nc(-c3cc4cccnc4n3CC(C)C)n(C)c12. The lowest BCUT2D eigenvalue weighted by Crippen LogP contribution is -2.45. The minimum absolute atomic E-state index is 0.0272. The van der Waals surface area contributed by atoms with Crippen molar-refractivity contribution in [3.05, 3.63) is 42.1 Å². The molecule has 1 aliphatic heterocycles. The molecule has 1 saturated heterocycles. The topological polar surface area (TPSA) is 91.2 Å². The highest BCUT2D eigenvalue weighted by Gasteiger charge is 2.25. The van der Waals surface area contributed by atoms with Gasteiger partial charge in [-0.05, 0) is 49.1 Å². The lowest BCUT2D eigenvalue weighted by atomic mass is 10.0. The van der Waals surface area contributed by atoms with Crippen molar-refractivity contribution < 1.29 is 9.53 Å². The van der Waals surface area contributed by atoms with E-state index < -0.39 is 0 Å². The van der Waals surface area contributed by atoms with Crippen molar-refractivity contribution in [1.29, 1.82) is 0 Å². The minimum Gasteiger partial charge on any atom is -0.494 e. The van der Waals surface area contributed by atoms with Gasteiger partial charge in [0.15, 0.2) is 5.82 Å². The number of methoxy groups -OCH3 is 1. The zero-order valence-electron chi connectivity index (χ0n) is 20.3. The van der Waals surface area contributed by atoms with Crippen molar-refractivity contribution in [1.82, 2.24) is 24.0 Å². The van der Waals surface area contributed by atoms with E-state index >= 15 is 0 Å². The van der Waals surface area contributed by atoms with Crippen LogP contribution in [0.1, 0.15) is 37.0 Å². The van der Waals surface area contributed by atoms with E-state index in [1.165, 1.54) is 0 Å². The minimum atomic E-state index is -0.0272. The van der Waals surface area contributed by atoms with Gasteiger partial charge in [-0.15, -0.1) is 0 Å². The summed E-state index contributed by atoms with van der Waals surface area (Å²) in [6.45, 7) is 6.52. The molecular weight excluding hydrogens is 428 g/mol. The Hall–Kier alpha value is -3.39. The molecule has 5 rings (SSSR count). The molecule has 1 aromatic carbocycles. The second kappa shape index (κ2) is 8.76. The molecule has 0 radical (unpaired) electrons. The zero-order chi connectivity index (χ0) is 24.0. The van der Waals surface area contributed by atoms with E-state index in [4.69, 9.17) is 15.5 Å². The number of carbonyl (C=O) groups excluding carboxylic acids is 1. The molecule has 0 spiro atoms. The maximum absolute atomic E-state index is 13.3. The first kappa shape index (κ1) is 22.4. The van der Waals surface area contributed by atoms with Crippen LogP contribution in [0.5, 0.6) is 5.75 Å². The monoisotopic (exact) mass is 460 g/mol. The first-order valence-electron chi connectivity index (χ1n) is 11.9. The molecule has 4 heterocycles. The largest absolute Gasteiger partial charge is 0.494 e. The molecule has 3 aromatic heterocycles. The average molecular weight is 461 g/mol. The highest BCUT2D eigenvalue weighted by atomic mass is 16.5. The third-order valence-corrected chi connectivity index (χ3v) is 6.58. The van der Waals surface area contributed by atoms with Gasteiger partial charge in [0, 0.05) is 49.9 Å². The van der Waals surface area contributed by atoms with Crippen LogP contribution < -0.4 is 10.5 Å². The van der Waals surface area contributed by atoms with Crippen LogP contribution in [0, 0.1) is 5.92 Å². The van der Waals surface area contributed by atoms with Crippen LogP contribution in [-0.2, 0) is 13.6 Å². The van der Waals surface area contributed by atoms with E-state index in [9.17, 15) is 4.79 Å². The second-order valence-corrected chi connectivity index (χ2v) is 9.64. The molecule has 1 aliphatic rings. The number of amides is 1. The number of ether oxygens (including phenoxy) is 1. The summed E-state index contributed by atoms with van der Waals surface area (Å²) in [6.07, 6.45) is 3.70. The molecule has 2 N–H and O–H groups in total. The normalized spacial score (nSPS) is 16.6. The van der Waals surface area contributed by atoms with Gasteiger partial charge in [-0.2, -0.15) is 0 Å². The van der Waals surface area contributed by atoms with E-state index in [0.29, 0.717) is 23.8 Å². The number of pyridine rings is 1. The van der Waals surface area contributed by atoms with Gasteiger partial charge in [0.1, 0.15) is 16.9 Å². The third-order valence-electron chi connectivity index (χ3n) is 6.58. The maximum atomic E-state index is 13.3. The Balaban J connectivity index is 1.65. The maximum Gasteiger partial charge on any atom is 0.254 e. The predicted octanol–water partition coefficient (Wildman–Crippen LogP) is 3.82. The third kappa shape index (κ3) is 3.81. The van der Waals surface area contributed by atoms with Crippen LogP contribution in [0.4, 0.5) is 0 Å². The molecule has 1 fully saturated rings. The van der Waals surface area contributed by atoms with Gasteiger partial charge in [0.2, 0.25) is 0 Å². The van der Waals surface area contributed by atoms with Gasteiger partial charge in [-0.3, -0.25) is 4.79 Å². The number of imidazole rings is 1. The smallest absolute Gasteiger partial charge is 0.254 e. The van der Waals surface area contributed by atoms with E-state index in [1.807, 2.05) is 40.9 Å². The van der Waals surface area contributed by atoms with E-state index in [1.54, 1.807) is 7.11 Å². The lowest BCUT2D eigenvalue weighted by molar-refractivity contribution is 0.0708. The molecule has 0 bridgehead atoms. The summed E-state index contributed by atoms with van der Waals surface area (Å²) in [5.74, 6) is 1.87. The summed E-state index contributed by atoms with van der Waals surface area (Å²) in [7, 11) is 3.62. The molecule has 1 amide bonds. The van der Waals surface area contributed by atoms with E-state index in [-0.39, 0.29) is 11.9 Å². The fourth-order valence-corrected chi connectivity index (χ4v) is 5.02. The fourth-order valence-electron chi connectivity index (χ4n) is 5.02. The first-order chi connectivity index (χ1) is 16.4. The first-order valence-corrected chi connectivity index (χ1v) is 11.9. The van der Waals surface area contributed by atoms with Crippen molar-refractivity contribution >= 4 is 28.0 Å². The summed E-state index contributed by atoms with van der Waals surface area (Å²) in [4.78, 5) is 24.7. The van der Waals surface area contributed by atoms with E-state index in [2.05, 4.69) is 35.5 Å². The molecule has 34 heavy (non-hydrogen) atoms. The summed E-state index contributed by atoms with van der Waals surface area (Å²) in [5.41, 5.74) is 10.2. The number of nitrogens with two attached hydrogens (primary N) is 1. The predicted molar refractivity (Wildman–Crippen MR) is 134 cm³/mol. The number of rotatable bonds is 5. The van der Waals surface area contributed by atoms with Crippen molar-refractivity contribution in [2.75, 3.05) is 20.2 Å². The molecule has 0 saturated carbocycles. The highest BCUT2D eigenvalue weighted by Crippen LogP contribution is 2.34. The van der Waals surface area contributed by atoms with Gasteiger partial charge in [0.05, 0.1) is 18.3 Å². The van der Waals surface area contributed by atoms with Crippen molar-refractivity contribution in [3.8, 4) is 17.3 Å². The number of aromatic nitrogens is 4. The summed E-state index contributed by atoms with van der Waals surface area (Å²) in [6, 6.07) is 9.89. The molecule has 4 aromatic rings. The standard InChI is InChI=1S/C26H32N6O2/c1-16(2)14-32-21(12-17-7-5-9-28-24(17)32)25-29-20-11-18(13-22(34-4)23(20)30(25)3)26(33)31-10-6-8-19(27)15-31/h5,7,9,11-13,16,19H,6,8,10,14-15,27H2,1-4H3. The van der Waals surface area contributed by atoms with Crippen LogP contribution in [0.15, 0.2) is 36.5 Å². The zero-order valence-corrected chi connectivity index (χ0v) is 20.3. The van der Waals surface area contributed by atoms with Crippen LogP contribution in [-0.4, -0.2) is 56.2 Å². The van der Waals surface area contributed by atoms with Crippen LogP contribution >= 0.6 is 0 Å². The van der Waals surface area contributed by atoms with Gasteiger partial charge in [-0.25, -0.2) is 9.97 Å². The summed E-state index contributed by atoms with van der Waals surface area (Å²) >= 11 is 0. The molecule has 0 aliphatic carbocycles. The van der Waals surface area contributed by atoms with Crippen LogP contribution in [0.2, 0.25) is 0 Å². The van der Waals surface area contributed by atoms with Crippen LogP contribution in [0.3, 0.4) is 0 Å². The molecule has 8 nitrogen and oxygen atoms in total. The number of likely N-dealkylation sites (tertiary alicyclic amines) is 1. The highest BCUT2D eigenvalue weighted by molar-refractivity contribution is 6.00. The average Bonchev–Trinajstić information content (AvgIpc) is 3.35. The molecule has 1 atom stereocenters.